The lowest BCUT2D eigenvalue weighted by Crippen LogP contribution is -2.48. The summed E-state index contributed by atoms with van der Waals surface area (Å²) in [6.07, 6.45) is 2.79. The van der Waals surface area contributed by atoms with Crippen molar-refractivity contribution in [2.24, 2.45) is 0 Å². The summed E-state index contributed by atoms with van der Waals surface area (Å²) < 4.78 is 1.89. The molecule has 1 fully saturated rings. The summed E-state index contributed by atoms with van der Waals surface area (Å²) in [4.78, 5) is 20.3. The van der Waals surface area contributed by atoms with Gasteiger partial charge in [0.1, 0.15) is 0 Å². The Morgan fingerprint density at radius 3 is 2.58 bits per heavy atom. The van der Waals surface area contributed by atoms with Crippen molar-refractivity contribution in [3.8, 4) is 0 Å². The molecule has 1 aromatic carbocycles. The molecule has 2 aromatic heterocycles. The van der Waals surface area contributed by atoms with Crippen LogP contribution in [0.5, 0.6) is 0 Å². The number of hydrogen-bond acceptors (Lipinski definition) is 4. The number of pyridine rings is 1. The van der Waals surface area contributed by atoms with Gasteiger partial charge in [-0.2, -0.15) is 5.10 Å². The highest BCUT2D eigenvalue weighted by Gasteiger charge is 2.30. The number of halogens is 2. The Morgan fingerprint density at radius 1 is 1.23 bits per heavy atom. The minimum Gasteiger partial charge on any atom is -0.329 e. The first-order chi connectivity index (χ1) is 14.0. The van der Waals surface area contributed by atoms with E-state index in [0.717, 1.165) is 36.2 Å². The summed E-state index contributed by atoms with van der Waals surface area (Å²) in [5.41, 5.74) is 4.78. The number of hydrogen-bond donors (Lipinski definition) is 1. The maximum Gasteiger partial charge on any atom is 0.255 e. The van der Waals surface area contributed by atoms with Crippen molar-refractivity contribution in [3.63, 3.8) is 0 Å². The van der Waals surface area contributed by atoms with E-state index in [1.54, 1.807) is 6.20 Å². The van der Waals surface area contributed by atoms with Crippen LogP contribution in [0.25, 0.3) is 11.0 Å². The highest BCUT2D eigenvalue weighted by Crippen LogP contribution is 2.28. The summed E-state index contributed by atoms with van der Waals surface area (Å²) >= 11 is 0. The lowest BCUT2D eigenvalue weighted by atomic mass is 9.99. The highest BCUT2D eigenvalue weighted by atomic mass is 35.5. The van der Waals surface area contributed by atoms with Gasteiger partial charge < -0.3 is 10.2 Å². The number of amides is 1. The van der Waals surface area contributed by atoms with Crippen LogP contribution in [-0.4, -0.2) is 45.2 Å². The van der Waals surface area contributed by atoms with Crippen LogP contribution < -0.4 is 5.32 Å². The van der Waals surface area contributed by atoms with Crippen LogP contribution >= 0.6 is 24.8 Å². The minimum absolute atomic E-state index is 0. The second kappa shape index (κ2) is 10.4. The number of rotatable bonds is 4. The molecule has 168 valence electrons. The van der Waals surface area contributed by atoms with Gasteiger partial charge in [0, 0.05) is 31.4 Å². The van der Waals surface area contributed by atoms with E-state index in [-0.39, 0.29) is 42.8 Å². The third-order valence-corrected chi connectivity index (χ3v) is 5.69. The smallest absolute Gasteiger partial charge is 0.255 e. The first kappa shape index (κ1) is 25.1. The van der Waals surface area contributed by atoms with Crippen molar-refractivity contribution in [2.45, 2.75) is 46.2 Å². The lowest BCUT2D eigenvalue weighted by molar-refractivity contribution is 0.0636. The van der Waals surface area contributed by atoms with Gasteiger partial charge in [0.25, 0.3) is 5.91 Å². The van der Waals surface area contributed by atoms with Crippen molar-refractivity contribution in [3.05, 3.63) is 58.9 Å². The molecule has 1 unspecified atom stereocenters. The van der Waals surface area contributed by atoms with E-state index in [9.17, 15) is 4.79 Å². The fourth-order valence-electron chi connectivity index (χ4n) is 4.07. The molecule has 3 aromatic rings. The molecule has 1 aliphatic heterocycles. The van der Waals surface area contributed by atoms with E-state index < -0.39 is 0 Å². The number of carbonyl (C=O) groups is 1. The van der Waals surface area contributed by atoms with E-state index in [1.165, 1.54) is 11.1 Å². The second-order valence-corrected chi connectivity index (χ2v) is 8.04. The minimum atomic E-state index is 0. The molecule has 1 aliphatic rings. The number of piperazine rings is 1. The third kappa shape index (κ3) is 4.86. The topological polar surface area (TPSA) is 63.1 Å². The highest BCUT2D eigenvalue weighted by molar-refractivity contribution is 6.05. The van der Waals surface area contributed by atoms with Crippen LogP contribution in [0.4, 0.5) is 0 Å². The molecule has 6 nitrogen and oxygen atoms in total. The van der Waals surface area contributed by atoms with Crippen molar-refractivity contribution in [2.75, 3.05) is 19.6 Å². The Hall–Kier alpha value is -2.15. The van der Waals surface area contributed by atoms with E-state index in [1.807, 2.05) is 22.6 Å². The molecule has 0 aliphatic carbocycles. The maximum atomic E-state index is 13.7. The normalized spacial score (nSPS) is 16.2. The average Bonchev–Trinajstić information content (AvgIpc) is 3.16. The van der Waals surface area contributed by atoms with Gasteiger partial charge in [-0.15, -0.1) is 24.8 Å². The molecule has 0 saturated carbocycles. The van der Waals surface area contributed by atoms with Crippen LogP contribution in [-0.2, 0) is 6.42 Å². The number of fused-ring (bicyclic) bond motifs is 1. The predicted octanol–water partition coefficient (Wildman–Crippen LogP) is 4.51. The Kier molecular flexibility index (Phi) is 8.46. The number of nitrogens with zero attached hydrogens (tertiary/aromatic N) is 4. The fourth-order valence-corrected chi connectivity index (χ4v) is 4.07. The van der Waals surface area contributed by atoms with Gasteiger partial charge in [0.2, 0.25) is 0 Å². The summed E-state index contributed by atoms with van der Waals surface area (Å²) in [7, 11) is 0. The first-order valence-electron chi connectivity index (χ1n) is 10.4. The molecule has 0 spiro atoms. The molecular formula is C23H31Cl2N5O. The van der Waals surface area contributed by atoms with Gasteiger partial charge >= 0.3 is 0 Å². The molecule has 1 amide bonds. The quantitative estimate of drug-likeness (QED) is 0.617. The van der Waals surface area contributed by atoms with Crippen LogP contribution in [0.1, 0.15) is 60.0 Å². The van der Waals surface area contributed by atoms with Gasteiger partial charge in [0.15, 0.2) is 5.65 Å². The summed E-state index contributed by atoms with van der Waals surface area (Å²) in [6, 6.07) is 10.7. The average molecular weight is 464 g/mol. The molecule has 31 heavy (non-hydrogen) atoms. The Bertz CT molecular complexity index is 1030. The maximum absolute atomic E-state index is 13.7. The third-order valence-electron chi connectivity index (χ3n) is 5.69. The van der Waals surface area contributed by atoms with Crippen LogP contribution in [0, 0.1) is 6.92 Å². The number of aromatic nitrogens is 3. The van der Waals surface area contributed by atoms with Crippen molar-refractivity contribution >= 4 is 41.8 Å². The Balaban J connectivity index is 0.00000171. The molecule has 1 saturated heterocycles. The lowest BCUT2D eigenvalue weighted by Gasteiger charge is -2.37. The molecule has 1 atom stereocenters. The molecule has 0 bridgehead atoms. The first-order valence-corrected chi connectivity index (χ1v) is 10.4. The van der Waals surface area contributed by atoms with E-state index in [4.69, 9.17) is 0 Å². The fraction of sp³-hybridized carbons (Fsp3) is 0.435. The van der Waals surface area contributed by atoms with Crippen molar-refractivity contribution < 1.29 is 4.79 Å². The Morgan fingerprint density at radius 2 is 1.94 bits per heavy atom. The largest absolute Gasteiger partial charge is 0.329 e. The molecule has 1 N–H and O–H groups in total. The molecule has 8 heteroatoms. The van der Waals surface area contributed by atoms with Gasteiger partial charge in [0.05, 0.1) is 23.2 Å². The zero-order valence-electron chi connectivity index (χ0n) is 18.5. The molecular weight excluding hydrogens is 433 g/mol. The zero-order valence-corrected chi connectivity index (χ0v) is 20.1. The van der Waals surface area contributed by atoms with Gasteiger partial charge in [-0.05, 0) is 44.4 Å². The zero-order chi connectivity index (χ0) is 20.5. The number of nitrogens with one attached hydrogen (secondary N) is 1. The number of aryl methyl sites for hydroxylation is 2. The molecule has 3 heterocycles. The van der Waals surface area contributed by atoms with Gasteiger partial charge in [-0.1, -0.05) is 31.2 Å². The number of benzene rings is 1. The predicted molar refractivity (Wildman–Crippen MR) is 130 cm³/mol. The van der Waals surface area contributed by atoms with Crippen LogP contribution in [0.15, 0.2) is 36.5 Å². The van der Waals surface area contributed by atoms with E-state index in [2.05, 4.69) is 60.4 Å². The van der Waals surface area contributed by atoms with Crippen molar-refractivity contribution in [1.29, 1.82) is 0 Å². The monoisotopic (exact) mass is 463 g/mol. The van der Waals surface area contributed by atoms with Crippen LogP contribution in [0.2, 0.25) is 0 Å². The SMILES string of the molecule is CCc1ccc(C2CNCCN2C(=O)c2cc(C)nc3c2cnn3C(C)C)cc1.Cl.Cl. The summed E-state index contributed by atoms with van der Waals surface area (Å²) in [5, 5.41) is 8.76. The van der Waals surface area contributed by atoms with Crippen molar-refractivity contribution in [1.82, 2.24) is 25.0 Å². The number of carbonyl (C=O) groups excluding carboxylic acids is 1. The second-order valence-electron chi connectivity index (χ2n) is 8.04. The van der Waals surface area contributed by atoms with E-state index >= 15 is 0 Å². The standard InChI is InChI=1S/C23H29N5O.2ClH/c1-5-17-6-8-18(9-7-17)21-14-24-10-11-27(21)23(29)19-12-16(4)26-22-20(19)13-25-28(22)15(2)3;;/h6-9,12-13,15,21,24H,5,10-11,14H2,1-4H3;2*1H. The van der Waals surface area contributed by atoms with Crippen LogP contribution in [0.3, 0.4) is 0 Å². The van der Waals surface area contributed by atoms with Gasteiger partial charge in [-0.25, -0.2) is 9.67 Å². The molecule has 4 rings (SSSR count). The van der Waals surface area contributed by atoms with Gasteiger partial charge in [-0.3, -0.25) is 4.79 Å². The Labute approximate surface area is 196 Å². The summed E-state index contributed by atoms with van der Waals surface area (Å²) in [5.74, 6) is 0.0508. The van der Waals surface area contributed by atoms with E-state index in [0.29, 0.717) is 12.1 Å². The summed E-state index contributed by atoms with van der Waals surface area (Å²) in [6.45, 7) is 10.5. The molecule has 0 radical (unpaired) electrons.